The second-order valence-electron chi connectivity index (χ2n) is 5.96. The van der Waals surface area contributed by atoms with E-state index in [-0.39, 0.29) is 17.6 Å². The Morgan fingerprint density at radius 3 is 2.56 bits per heavy atom. The van der Waals surface area contributed by atoms with Crippen molar-refractivity contribution in [1.82, 2.24) is 15.3 Å². The van der Waals surface area contributed by atoms with Gasteiger partial charge in [0.05, 0.1) is 17.1 Å². The number of benzene rings is 2. The Hall–Kier alpha value is -2.57. The molecule has 0 fully saturated rings. The summed E-state index contributed by atoms with van der Waals surface area (Å²) in [7, 11) is 0. The topological polar surface area (TPSA) is 89.8 Å². The number of carbonyl (C=O) groups is 1. The van der Waals surface area contributed by atoms with E-state index in [0.29, 0.717) is 21.7 Å². The highest BCUT2D eigenvalue weighted by Gasteiger charge is 2.18. The number of aromatic amines is 2. The summed E-state index contributed by atoms with van der Waals surface area (Å²) in [4.78, 5) is 29.0. The molecule has 1 amide bonds. The minimum Gasteiger partial charge on any atom is -0.325 e. The minimum absolute atomic E-state index is 0.0713. The maximum Gasteiger partial charge on any atom is 0.323 e. The molecule has 6 nitrogen and oxygen atoms in total. The van der Waals surface area contributed by atoms with Crippen molar-refractivity contribution in [2.24, 2.45) is 0 Å². The normalized spacial score (nSPS) is 13.6. The van der Waals surface area contributed by atoms with E-state index in [0.717, 1.165) is 5.56 Å². The van der Waals surface area contributed by atoms with Crippen LogP contribution in [0.15, 0.2) is 47.3 Å². The molecular weight excluding hydrogens is 340 g/mol. The number of amides is 1. The quantitative estimate of drug-likeness (QED) is 0.564. The number of nitrogens with one attached hydrogen (secondary N) is 4. The van der Waals surface area contributed by atoms with Crippen LogP contribution < -0.4 is 16.3 Å². The van der Waals surface area contributed by atoms with Gasteiger partial charge < -0.3 is 15.3 Å². The Kier molecular flexibility index (Phi) is 4.92. The van der Waals surface area contributed by atoms with Crippen molar-refractivity contribution in [2.45, 2.75) is 25.9 Å². The highest BCUT2D eigenvalue weighted by atomic mass is 35.5. The highest BCUT2D eigenvalue weighted by Crippen LogP contribution is 2.22. The number of anilines is 1. The summed E-state index contributed by atoms with van der Waals surface area (Å²) in [5.74, 6) is -0.170. The first-order valence-corrected chi connectivity index (χ1v) is 8.35. The summed E-state index contributed by atoms with van der Waals surface area (Å²) < 4.78 is 0. The van der Waals surface area contributed by atoms with Crippen molar-refractivity contribution >= 4 is 34.2 Å². The molecule has 25 heavy (non-hydrogen) atoms. The average molecular weight is 359 g/mol. The Balaban J connectivity index is 1.67. The van der Waals surface area contributed by atoms with E-state index in [1.165, 1.54) is 0 Å². The van der Waals surface area contributed by atoms with Crippen molar-refractivity contribution in [3.05, 3.63) is 63.5 Å². The SMILES string of the molecule is C[C@@H](N[C@H](C)c1ccccc1Cl)C(=O)Nc1ccc2[nH]c(=O)[nH]c2c1. The molecule has 0 unspecified atom stereocenters. The molecule has 2 atom stereocenters. The third-order valence-corrected chi connectivity index (χ3v) is 4.39. The van der Waals surface area contributed by atoms with Gasteiger partial charge in [-0.1, -0.05) is 29.8 Å². The van der Waals surface area contributed by atoms with Crippen LogP contribution in [0.3, 0.4) is 0 Å². The summed E-state index contributed by atoms with van der Waals surface area (Å²) in [5.41, 5.74) is 2.62. The van der Waals surface area contributed by atoms with Crippen LogP contribution in [0.5, 0.6) is 0 Å². The van der Waals surface area contributed by atoms with Crippen LogP contribution in [-0.2, 0) is 4.79 Å². The van der Waals surface area contributed by atoms with Gasteiger partial charge in [0.25, 0.3) is 0 Å². The van der Waals surface area contributed by atoms with Crippen LogP contribution in [0.4, 0.5) is 5.69 Å². The summed E-state index contributed by atoms with van der Waals surface area (Å²) >= 11 is 6.20. The van der Waals surface area contributed by atoms with Crippen molar-refractivity contribution in [3.8, 4) is 0 Å². The lowest BCUT2D eigenvalue weighted by molar-refractivity contribution is -0.117. The lowest BCUT2D eigenvalue weighted by Crippen LogP contribution is -2.39. The fourth-order valence-electron chi connectivity index (χ4n) is 2.73. The predicted octanol–water partition coefficient (Wildman–Crippen LogP) is 3.19. The molecule has 3 rings (SSSR count). The predicted molar refractivity (Wildman–Crippen MR) is 100 cm³/mol. The fraction of sp³-hybridized carbons (Fsp3) is 0.222. The molecule has 0 aliphatic rings. The lowest BCUT2D eigenvalue weighted by Gasteiger charge is -2.20. The summed E-state index contributed by atoms with van der Waals surface area (Å²) in [5, 5.41) is 6.75. The molecule has 0 saturated carbocycles. The largest absolute Gasteiger partial charge is 0.325 e. The van der Waals surface area contributed by atoms with Crippen molar-refractivity contribution in [1.29, 1.82) is 0 Å². The number of carbonyl (C=O) groups excluding carboxylic acids is 1. The van der Waals surface area contributed by atoms with E-state index in [4.69, 9.17) is 11.6 Å². The molecule has 4 N–H and O–H groups in total. The fourth-order valence-corrected chi connectivity index (χ4v) is 3.03. The van der Waals surface area contributed by atoms with Crippen LogP contribution in [0.1, 0.15) is 25.5 Å². The molecule has 1 aromatic heterocycles. The molecule has 0 aliphatic carbocycles. The van der Waals surface area contributed by atoms with Crippen LogP contribution in [0, 0.1) is 0 Å². The van der Waals surface area contributed by atoms with Gasteiger partial charge in [-0.05, 0) is 43.7 Å². The summed E-state index contributed by atoms with van der Waals surface area (Å²) in [6.07, 6.45) is 0. The van der Waals surface area contributed by atoms with Gasteiger partial charge in [0.1, 0.15) is 0 Å². The van der Waals surface area contributed by atoms with Gasteiger partial charge in [-0.25, -0.2) is 4.79 Å². The van der Waals surface area contributed by atoms with E-state index in [1.807, 2.05) is 31.2 Å². The Bertz CT molecular complexity index is 963. The molecule has 2 aromatic carbocycles. The van der Waals surface area contributed by atoms with Gasteiger partial charge in [-0.3, -0.25) is 10.1 Å². The molecule has 3 aromatic rings. The highest BCUT2D eigenvalue weighted by molar-refractivity contribution is 6.31. The molecule has 7 heteroatoms. The van der Waals surface area contributed by atoms with E-state index < -0.39 is 6.04 Å². The molecule has 0 saturated heterocycles. The maximum atomic E-state index is 12.4. The van der Waals surface area contributed by atoms with E-state index in [1.54, 1.807) is 25.1 Å². The Labute approximate surface area is 149 Å². The van der Waals surface area contributed by atoms with Crippen molar-refractivity contribution < 1.29 is 4.79 Å². The number of fused-ring (bicyclic) bond motifs is 1. The lowest BCUT2D eigenvalue weighted by atomic mass is 10.1. The first-order valence-electron chi connectivity index (χ1n) is 7.97. The van der Waals surface area contributed by atoms with Crippen LogP contribution in [0.2, 0.25) is 5.02 Å². The van der Waals surface area contributed by atoms with Gasteiger partial charge in [-0.2, -0.15) is 0 Å². The number of H-pyrrole nitrogens is 2. The van der Waals surface area contributed by atoms with E-state index in [9.17, 15) is 9.59 Å². The number of hydrogen-bond donors (Lipinski definition) is 4. The van der Waals surface area contributed by atoms with Gasteiger partial charge in [-0.15, -0.1) is 0 Å². The molecule has 0 aliphatic heterocycles. The van der Waals surface area contributed by atoms with E-state index >= 15 is 0 Å². The zero-order chi connectivity index (χ0) is 18.0. The molecule has 1 heterocycles. The average Bonchev–Trinajstić information content (AvgIpc) is 2.94. The molecule has 130 valence electrons. The molecular formula is C18H19ClN4O2. The monoisotopic (exact) mass is 358 g/mol. The van der Waals surface area contributed by atoms with Crippen LogP contribution >= 0.6 is 11.6 Å². The Morgan fingerprint density at radius 2 is 1.80 bits per heavy atom. The van der Waals surface area contributed by atoms with E-state index in [2.05, 4.69) is 20.6 Å². The first kappa shape index (κ1) is 17.3. The van der Waals surface area contributed by atoms with Crippen LogP contribution in [-0.4, -0.2) is 21.9 Å². The van der Waals surface area contributed by atoms with Crippen LogP contribution in [0.25, 0.3) is 11.0 Å². The first-order chi connectivity index (χ1) is 11.9. The number of halogens is 1. The Morgan fingerprint density at radius 1 is 1.08 bits per heavy atom. The van der Waals surface area contributed by atoms with Crippen molar-refractivity contribution in [3.63, 3.8) is 0 Å². The summed E-state index contributed by atoms with van der Waals surface area (Å²) in [6, 6.07) is 12.3. The molecule has 0 radical (unpaired) electrons. The second-order valence-corrected chi connectivity index (χ2v) is 6.37. The summed E-state index contributed by atoms with van der Waals surface area (Å²) in [6.45, 7) is 3.75. The maximum absolute atomic E-state index is 12.4. The third kappa shape index (κ3) is 3.92. The van der Waals surface area contributed by atoms with Gasteiger partial charge in [0, 0.05) is 16.8 Å². The van der Waals surface area contributed by atoms with Crippen molar-refractivity contribution in [2.75, 3.05) is 5.32 Å². The smallest absolute Gasteiger partial charge is 0.323 e. The number of hydrogen-bond acceptors (Lipinski definition) is 3. The molecule has 0 spiro atoms. The van der Waals surface area contributed by atoms with Gasteiger partial charge in [0.15, 0.2) is 0 Å². The van der Waals surface area contributed by atoms with Gasteiger partial charge >= 0.3 is 5.69 Å². The second kappa shape index (κ2) is 7.13. The minimum atomic E-state index is -0.424. The third-order valence-electron chi connectivity index (χ3n) is 4.05. The number of rotatable bonds is 5. The zero-order valence-electron chi connectivity index (χ0n) is 13.9. The number of aromatic nitrogens is 2. The molecule has 0 bridgehead atoms. The standard InChI is InChI=1S/C18H19ClN4O2/c1-10(13-5-3-4-6-14(13)19)20-11(2)17(24)21-12-7-8-15-16(9-12)23-18(25)22-15/h3-11,20H,1-2H3,(H,21,24)(H2,22,23,25)/t10-,11-/m1/s1. The number of imidazole rings is 1. The zero-order valence-corrected chi connectivity index (χ0v) is 14.6. The van der Waals surface area contributed by atoms with Gasteiger partial charge in [0.2, 0.25) is 5.91 Å².